The summed E-state index contributed by atoms with van der Waals surface area (Å²) in [5, 5.41) is 11.9. The van der Waals surface area contributed by atoms with Gasteiger partial charge in [-0.3, -0.25) is 0 Å². The van der Waals surface area contributed by atoms with Crippen LogP contribution in [0.2, 0.25) is 0 Å². The largest absolute Gasteiger partial charge is 0.490 e. The summed E-state index contributed by atoms with van der Waals surface area (Å²) in [4.78, 5) is 11.4. The van der Waals surface area contributed by atoms with E-state index in [-0.39, 0.29) is 6.61 Å². The number of halogens is 1. The highest BCUT2D eigenvalue weighted by atomic mass is 79.9. The number of esters is 1. The summed E-state index contributed by atoms with van der Waals surface area (Å²) in [5.74, 6) is 0.386. The number of nitriles is 1. The highest BCUT2D eigenvalue weighted by Crippen LogP contribution is 2.38. The van der Waals surface area contributed by atoms with E-state index in [0.717, 1.165) is 21.9 Å². The van der Waals surface area contributed by atoms with Crippen molar-refractivity contribution in [1.82, 2.24) is 0 Å². The highest BCUT2D eigenvalue weighted by Gasteiger charge is 2.15. The molecule has 3 aromatic rings. The highest BCUT2D eigenvalue weighted by molar-refractivity contribution is 9.10. The number of carbonyl (C=O) groups excluding carboxylic acids is 1. The molecule has 3 aromatic carbocycles. The molecule has 0 spiro atoms. The number of rotatable bonds is 7. The summed E-state index contributed by atoms with van der Waals surface area (Å²) in [5.41, 5.74) is 2.15. The summed E-state index contributed by atoms with van der Waals surface area (Å²) in [6.07, 6.45) is 1.80. The van der Waals surface area contributed by atoms with Gasteiger partial charge in [-0.1, -0.05) is 42.5 Å². The van der Waals surface area contributed by atoms with Gasteiger partial charge in [0.2, 0.25) is 0 Å². The molecule has 0 heterocycles. The molecule has 0 atom stereocenters. The molecule has 0 unspecified atom stereocenters. The molecule has 0 radical (unpaired) electrons. The topological polar surface area (TPSA) is 68.5 Å². The van der Waals surface area contributed by atoms with Crippen molar-refractivity contribution in [2.75, 3.05) is 20.3 Å². The minimum Gasteiger partial charge on any atom is -0.490 e. The Balaban J connectivity index is 2.04. The van der Waals surface area contributed by atoms with Gasteiger partial charge in [0.1, 0.15) is 0 Å². The third-order valence-corrected chi connectivity index (χ3v) is 4.99. The van der Waals surface area contributed by atoms with Crippen LogP contribution in [0, 0.1) is 11.3 Å². The third kappa shape index (κ3) is 4.81. The van der Waals surface area contributed by atoms with Crippen LogP contribution in [0.1, 0.15) is 18.1 Å². The molecular formula is C24H20BrNO4. The fourth-order valence-electron chi connectivity index (χ4n) is 3.06. The van der Waals surface area contributed by atoms with Crippen LogP contribution in [0.4, 0.5) is 0 Å². The monoisotopic (exact) mass is 465 g/mol. The number of carbonyl (C=O) groups is 1. The van der Waals surface area contributed by atoms with Crippen LogP contribution in [0.3, 0.4) is 0 Å². The lowest BCUT2D eigenvalue weighted by Crippen LogP contribution is -2.13. The van der Waals surface area contributed by atoms with Crippen molar-refractivity contribution >= 4 is 44.3 Å². The first-order chi connectivity index (χ1) is 14.6. The van der Waals surface area contributed by atoms with Crippen LogP contribution < -0.4 is 9.47 Å². The minimum atomic E-state index is -0.490. The molecule has 0 aliphatic rings. The van der Waals surface area contributed by atoms with Gasteiger partial charge in [0.25, 0.3) is 0 Å². The average Bonchev–Trinajstić information content (AvgIpc) is 2.76. The van der Waals surface area contributed by atoms with Crippen LogP contribution in [0.5, 0.6) is 11.5 Å². The molecule has 6 heteroatoms. The van der Waals surface area contributed by atoms with Crippen molar-refractivity contribution in [1.29, 1.82) is 5.26 Å². The summed E-state index contributed by atoms with van der Waals surface area (Å²) in [7, 11) is 1.30. The number of fused-ring (bicyclic) bond motifs is 1. The maximum atomic E-state index is 11.4. The quantitative estimate of drug-likeness (QED) is 0.257. The van der Waals surface area contributed by atoms with E-state index in [1.165, 1.54) is 7.11 Å². The predicted octanol–water partition coefficient (Wildman–Crippen LogP) is 5.62. The van der Waals surface area contributed by atoms with Crippen molar-refractivity contribution in [2.45, 2.75) is 6.92 Å². The molecule has 0 N–H and O–H groups in total. The molecule has 0 saturated heterocycles. The van der Waals surface area contributed by atoms with E-state index in [1.54, 1.807) is 12.1 Å². The maximum absolute atomic E-state index is 11.4. The first-order valence-corrected chi connectivity index (χ1v) is 10.1. The summed E-state index contributed by atoms with van der Waals surface area (Å²) >= 11 is 3.48. The van der Waals surface area contributed by atoms with Crippen molar-refractivity contribution in [3.8, 4) is 17.6 Å². The fraction of sp³-hybridized carbons (Fsp3) is 0.167. The Morgan fingerprint density at radius 1 is 1.13 bits per heavy atom. The van der Waals surface area contributed by atoms with Gasteiger partial charge in [-0.2, -0.15) is 5.26 Å². The van der Waals surface area contributed by atoms with Gasteiger partial charge in [-0.25, -0.2) is 4.79 Å². The number of hydrogen-bond acceptors (Lipinski definition) is 5. The Kier molecular flexibility index (Phi) is 7.10. The van der Waals surface area contributed by atoms with E-state index in [2.05, 4.69) is 26.7 Å². The zero-order valence-corrected chi connectivity index (χ0v) is 18.2. The van der Waals surface area contributed by atoms with Crippen LogP contribution in [0.15, 0.2) is 59.1 Å². The number of allylic oxidation sites excluding steroid dienone is 1. The van der Waals surface area contributed by atoms with E-state index >= 15 is 0 Å². The van der Waals surface area contributed by atoms with Crippen molar-refractivity contribution < 1.29 is 19.0 Å². The first kappa shape index (κ1) is 21.4. The lowest BCUT2D eigenvalue weighted by atomic mass is 9.97. The zero-order chi connectivity index (χ0) is 21.5. The molecule has 3 rings (SSSR count). The molecule has 0 aromatic heterocycles. The second kappa shape index (κ2) is 9.95. The number of hydrogen-bond donors (Lipinski definition) is 0. The summed E-state index contributed by atoms with van der Waals surface area (Å²) < 4.78 is 16.5. The Morgan fingerprint density at radius 3 is 2.63 bits per heavy atom. The van der Waals surface area contributed by atoms with Gasteiger partial charge in [-0.05, 0) is 57.4 Å². The number of nitrogens with zero attached hydrogens (tertiary/aromatic N) is 1. The number of ether oxygens (including phenoxy) is 3. The Bertz CT molecular complexity index is 1140. The molecule has 0 aliphatic carbocycles. The molecular weight excluding hydrogens is 446 g/mol. The van der Waals surface area contributed by atoms with Gasteiger partial charge in [0.15, 0.2) is 18.1 Å². The maximum Gasteiger partial charge on any atom is 0.343 e. The average molecular weight is 466 g/mol. The Labute approximate surface area is 183 Å². The van der Waals surface area contributed by atoms with E-state index in [9.17, 15) is 10.1 Å². The van der Waals surface area contributed by atoms with E-state index < -0.39 is 5.97 Å². The van der Waals surface area contributed by atoms with Gasteiger partial charge in [0, 0.05) is 5.56 Å². The molecule has 0 aliphatic heterocycles. The molecule has 0 saturated carbocycles. The summed E-state index contributed by atoms with van der Waals surface area (Å²) in [6, 6.07) is 19.7. The lowest BCUT2D eigenvalue weighted by Gasteiger charge is -2.14. The zero-order valence-electron chi connectivity index (χ0n) is 16.6. The second-order valence-corrected chi connectivity index (χ2v) is 7.18. The normalized spacial score (nSPS) is 11.1. The number of methoxy groups -OCH3 is 1. The van der Waals surface area contributed by atoms with Crippen LogP contribution in [-0.2, 0) is 9.53 Å². The minimum absolute atomic E-state index is 0.232. The Hall–Kier alpha value is -3.30. The van der Waals surface area contributed by atoms with Crippen molar-refractivity contribution in [3.05, 3.63) is 70.2 Å². The van der Waals surface area contributed by atoms with Gasteiger partial charge >= 0.3 is 5.97 Å². The SMILES string of the molecule is CCOc1cc(/C=C(\C#N)c2cccc3ccccc23)cc(Br)c1OCC(=O)OC. The van der Waals surface area contributed by atoms with Gasteiger partial charge in [0.05, 0.1) is 29.8 Å². The third-order valence-electron chi connectivity index (χ3n) is 4.40. The van der Waals surface area contributed by atoms with E-state index in [0.29, 0.717) is 28.2 Å². The fourth-order valence-corrected chi connectivity index (χ4v) is 3.64. The molecule has 0 fully saturated rings. The standard InChI is InChI=1S/C24H20BrNO4/c1-3-29-22-13-16(12-21(25)24(22)30-15-23(27)28-2)11-18(14-26)20-10-6-8-17-7-4-5-9-19(17)20/h4-13H,3,15H2,1-2H3/b18-11+. The van der Waals surface area contributed by atoms with E-state index in [1.807, 2.05) is 55.5 Å². The Morgan fingerprint density at radius 2 is 1.90 bits per heavy atom. The van der Waals surface area contributed by atoms with Gasteiger partial charge < -0.3 is 14.2 Å². The summed E-state index contributed by atoms with van der Waals surface area (Å²) in [6.45, 7) is 2.05. The first-order valence-electron chi connectivity index (χ1n) is 9.33. The number of benzene rings is 3. The molecule has 30 heavy (non-hydrogen) atoms. The van der Waals surface area contributed by atoms with Crippen LogP contribution in [0.25, 0.3) is 22.4 Å². The predicted molar refractivity (Wildman–Crippen MR) is 120 cm³/mol. The van der Waals surface area contributed by atoms with Crippen molar-refractivity contribution in [3.63, 3.8) is 0 Å². The van der Waals surface area contributed by atoms with E-state index in [4.69, 9.17) is 9.47 Å². The lowest BCUT2D eigenvalue weighted by molar-refractivity contribution is -0.142. The van der Waals surface area contributed by atoms with Crippen LogP contribution in [-0.4, -0.2) is 26.3 Å². The molecule has 0 amide bonds. The molecule has 152 valence electrons. The molecule has 0 bridgehead atoms. The smallest absolute Gasteiger partial charge is 0.343 e. The second-order valence-electron chi connectivity index (χ2n) is 6.32. The van der Waals surface area contributed by atoms with Crippen molar-refractivity contribution in [2.24, 2.45) is 0 Å². The van der Waals surface area contributed by atoms with Crippen LogP contribution >= 0.6 is 15.9 Å². The van der Waals surface area contributed by atoms with Gasteiger partial charge in [-0.15, -0.1) is 0 Å². The molecule has 5 nitrogen and oxygen atoms in total.